The molecule has 0 unspecified atom stereocenters. The Hall–Kier alpha value is -7.92. The highest BCUT2D eigenvalue weighted by molar-refractivity contribution is 5.85. The molecule has 1 aliphatic rings. The van der Waals surface area contributed by atoms with Crippen LogP contribution in [0.4, 0.5) is 87.8 Å². The van der Waals surface area contributed by atoms with E-state index >= 15 is 35.1 Å². The molecule has 4 nitrogen and oxygen atoms in total. The van der Waals surface area contributed by atoms with Crippen LogP contribution in [0.3, 0.4) is 0 Å². The van der Waals surface area contributed by atoms with Gasteiger partial charge in [0.2, 0.25) is 23.3 Å². The first-order valence-corrected chi connectivity index (χ1v) is 18.4. The van der Waals surface area contributed by atoms with Gasteiger partial charge in [-0.15, -0.1) is 0 Å². The van der Waals surface area contributed by atoms with Crippen LogP contribution in [-0.4, -0.2) is 19.9 Å². The molecule has 0 atom stereocenters. The topological polar surface area (TPSA) is 63.2 Å². The van der Waals surface area contributed by atoms with E-state index in [-0.39, 0.29) is 0 Å². The highest BCUT2D eigenvalue weighted by Crippen LogP contribution is 2.37. The van der Waals surface area contributed by atoms with Crippen molar-refractivity contribution in [2.45, 2.75) is 0 Å². The lowest BCUT2D eigenvalue weighted by molar-refractivity contribution is 0.376. The van der Waals surface area contributed by atoms with Crippen molar-refractivity contribution in [3.63, 3.8) is 0 Å². The van der Waals surface area contributed by atoms with E-state index in [1.165, 1.54) is 0 Å². The number of aromatic amines is 4. The molecular weight excluding hydrogens is 964 g/mol. The molecule has 0 saturated carbocycles. The van der Waals surface area contributed by atoms with Gasteiger partial charge < -0.3 is 19.9 Å². The molecule has 0 aliphatic carbocycles. The van der Waals surface area contributed by atoms with Crippen molar-refractivity contribution < 1.29 is 87.8 Å². The predicted octanol–water partition coefficient (Wildman–Crippen LogP) is 9.08. The molecule has 0 saturated heterocycles. The van der Waals surface area contributed by atoms with Gasteiger partial charge in [-0.25, -0.2) is 87.8 Å². The van der Waals surface area contributed by atoms with Crippen LogP contribution in [0.15, 0.2) is 48.5 Å². The van der Waals surface area contributed by atoms with Gasteiger partial charge in [0, 0.05) is 66.5 Å². The van der Waals surface area contributed by atoms with Gasteiger partial charge in [0.25, 0.3) is 0 Å². The Bertz CT molecular complexity index is 3220. The molecule has 8 bridgehead atoms. The maximum atomic E-state index is 15.8. The van der Waals surface area contributed by atoms with E-state index in [4.69, 9.17) is 0 Å². The van der Waals surface area contributed by atoms with Crippen molar-refractivity contribution >= 4 is 22.3 Å². The quantitative estimate of drug-likeness (QED) is 0.0774. The number of H-pyrrole nitrogens is 4. The van der Waals surface area contributed by atoms with Crippen molar-refractivity contribution in [1.82, 2.24) is 19.9 Å². The molecule has 0 amide bonds. The Morgan fingerprint density at radius 3 is 0.485 bits per heavy atom. The molecule has 0 spiro atoms. The maximum Gasteiger partial charge on any atom is 0.200 e. The fourth-order valence-corrected chi connectivity index (χ4v) is 7.70. The highest BCUT2D eigenvalue weighted by Gasteiger charge is 2.35. The van der Waals surface area contributed by atoms with Crippen LogP contribution < -0.4 is 21.4 Å². The number of halogens is 20. The molecule has 4 aromatic carbocycles. The fraction of sp³-hybridized carbons (Fsp3) is 0. The third-order valence-corrected chi connectivity index (χ3v) is 10.7. The summed E-state index contributed by atoms with van der Waals surface area (Å²) in [5, 5.41) is -3.59. The maximum absolute atomic E-state index is 15.8. The standard InChI is InChI=1S/C44H12F20N4/c45-25-21(26(46)34(54)41(61)33(25)53)17-9-1-2-10(65-9)18(22-27(47)35(55)42(62)36(56)28(22)48)12-5-6-14(67-12)20(24-31(51)39(59)44(64)40(60)32(24)52)16-8-7-15(68-16)19(13-4-3-11(17)66-13)23-29(49)37(57)43(63)38(58)30(23)50/h1-8,65-68H. The van der Waals surface area contributed by atoms with Crippen LogP contribution in [0, 0.1) is 116 Å². The Morgan fingerprint density at radius 1 is 0.176 bits per heavy atom. The second-order valence-electron chi connectivity index (χ2n) is 14.4. The lowest BCUT2D eigenvalue weighted by Gasteiger charge is -2.14. The summed E-state index contributed by atoms with van der Waals surface area (Å²) in [5.41, 5.74) is -15.7. The molecular formula is C44H12F20N4. The number of nitrogens with one attached hydrogen (secondary N) is 4. The summed E-state index contributed by atoms with van der Waals surface area (Å²) in [5.74, 6) is -52.2. The largest absolute Gasteiger partial charge is 0.354 e. The minimum Gasteiger partial charge on any atom is -0.354 e. The fourth-order valence-electron chi connectivity index (χ4n) is 7.70. The second kappa shape index (κ2) is 15.9. The van der Waals surface area contributed by atoms with Crippen LogP contribution in [0.1, 0.15) is 45.0 Å². The number of hydrogen-bond acceptors (Lipinski definition) is 0. The van der Waals surface area contributed by atoms with Crippen LogP contribution >= 0.6 is 0 Å². The van der Waals surface area contributed by atoms with Crippen molar-refractivity contribution in [2.75, 3.05) is 0 Å². The van der Waals surface area contributed by atoms with Gasteiger partial charge in [0.15, 0.2) is 93.1 Å². The molecule has 1 aliphatic heterocycles. The van der Waals surface area contributed by atoms with Crippen molar-refractivity contribution in [2.24, 2.45) is 0 Å². The summed E-state index contributed by atoms with van der Waals surface area (Å²) in [6.45, 7) is 0. The van der Waals surface area contributed by atoms with Gasteiger partial charge in [-0.3, -0.25) is 0 Å². The van der Waals surface area contributed by atoms with E-state index in [0.717, 1.165) is 0 Å². The Labute approximate surface area is 361 Å². The van der Waals surface area contributed by atoms with Gasteiger partial charge >= 0.3 is 0 Å². The monoisotopic (exact) mass is 976 g/mol. The minimum absolute atomic E-state index is 0.662. The number of hydrogen-bond donors (Lipinski definition) is 4. The number of aromatic nitrogens is 4. The SMILES string of the molecule is Fc1c(F)c(F)c(C2=c3ccc([nH]3)=C(c3c(F)c(F)c(F)c(F)c3F)c3ccc([nH]3)C(c3c(F)c(F)c(F)c(F)c3F)=c3ccc([nH]3)=C(c3c(F)c(F)c(F)c(F)c3F)c3ccc2[nH]3)c(F)c1F. The van der Waals surface area contributed by atoms with Crippen LogP contribution in [0.25, 0.3) is 22.3 Å². The average molecular weight is 977 g/mol. The number of rotatable bonds is 4. The molecule has 9 rings (SSSR count). The molecule has 348 valence electrons. The molecule has 4 N–H and O–H groups in total. The third kappa shape index (κ3) is 6.39. The first-order valence-electron chi connectivity index (χ1n) is 18.4. The lowest BCUT2D eigenvalue weighted by atomic mass is 10.00. The van der Waals surface area contributed by atoms with Crippen molar-refractivity contribution in [3.8, 4) is 0 Å². The van der Waals surface area contributed by atoms with Crippen LogP contribution in [-0.2, 0) is 0 Å². The molecule has 24 heteroatoms. The zero-order valence-corrected chi connectivity index (χ0v) is 32.2. The van der Waals surface area contributed by atoms with Gasteiger partial charge in [-0.2, -0.15) is 0 Å². The number of fused-ring (bicyclic) bond motifs is 8. The molecule has 68 heavy (non-hydrogen) atoms. The molecule has 8 aromatic rings. The summed E-state index contributed by atoms with van der Waals surface area (Å²) < 4.78 is 303. The van der Waals surface area contributed by atoms with Gasteiger partial charge in [0.1, 0.15) is 0 Å². The Balaban J connectivity index is 1.56. The Morgan fingerprint density at radius 2 is 0.324 bits per heavy atom. The average Bonchev–Trinajstić information content (AvgIpc) is 4.18. The Kier molecular flexibility index (Phi) is 10.6. The van der Waals surface area contributed by atoms with Gasteiger partial charge in [-0.1, -0.05) is 0 Å². The van der Waals surface area contributed by atoms with Gasteiger partial charge in [0.05, 0.1) is 22.3 Å². The van der Waals surface area contributed by atoms with E-state index in [9.17, 15) is 52.7 Å². The normalized spacial score (nSPS) is 12.9. The summed E-state index contributed by atoms with van der Waals surface area (Å²) in [6.07, 6.45) is 0. The summed E-state index contributed by atoms with van der Waals surface area (Å²) in [7, 11) is 0. The van der Waals surface area contributed by atoms with Crippen molar-refractivity contribution in [1.29, 1.82) is 0 Å². The van der Waals surface area contributed by atoms with Crippen LogP contribution in [0.2, 0.25) is 0 Å². The van der Waals surface area contributed by atoms with Gasteiger partial charge in [-0.05, 0) is 48.5 Å². The zero-order valence-electron chi connectivity index (χ0n) is 32.2. The third-order valence-electron chi connectivity index (χ3n) is 10.7. The van der Waals surface area contributed by atoms with Crippen LogP contribution in [0.5, 0.6) is 0 Å². The first-order chi connectivity index (χ1) is 32.1. The molecule has 0 fully saturated rings. The van der Waals surface area contributed by atoms with E-state index < -0.39 is 205 Å². The molecule has 4 aromatic heterocycles. The first kappa shape index (κ1) is 45.2. The number of benzene rings is 4. The second-order valence-corrected chi connectivity index (χ2v) is 14.4. The molecule has 0 radical (unpaired) electrons. The summed E-state index contributed by atoms with van der Waals surface area (Å²) in [4.78, 5) is 9.09. The smallest absolute Gasteiger partial charge is 0.200 e. The van der Waals surface area contributed by atoms with E-state index in [0.29, 0.717) is 48.5 Å². The summed E-state index contributed by atoms with van der Waals surface area (Å²) >= 11 is 0. The van der Waals surface area contributed by atoms with E-state index in [1.54, 1.807) is 0 Å². The van der Waals surface area contributed by atoms with E-state index in [2.05, 4.69) is 19.9 Å². The van der Waals surface area contributed by atoms with E-state index in [1.807, 2.05) is 0 Å². The zero-order chi connectivity index (χ0) is 49.3. The lowest BCUT2D eigenvalue weighted by Crippen LogP contribution is -2.22. The highest BCUT2D eigenvalue weighted by atomic mass is 19.2. The summed E-state index contributed by atoms with van der Waals surface area (Å²) in [6, 6.07) is 5.29. The predicted molar refractivity (Wildman–Crippen MR) is 193 cm³/mol. The minimum atomic E-state index is -2.70. The van der Waals surface area contributed by atoms with Crippen molar-refractivity contribution in [3.05, 3.63) is 231 Å². The molecule has 5 heterocycles.